The first-order chi connectivity index (χ1) is 8.52. The topological polar surface area (TPSA) is 71.8 Å². The maximum Gasteiger partial charge on any atom is 0.351 e. The third-order valence-corrected chi connectivity index (χ3v) is 2.58. The van der Waals surface area contributed by atoms with Crippen LogP contribution in [0.25, 0.3) is 11.1 Å². The van der Waals surface area contributed by atoms with Crippen LogP contribution in [-0.2, 0) is 0 Å². The summed E-state index contributed by atoms with van der Waals surface area (Å²) in [7, 11) is 0. The molecule has 2 aromatic rings. The molecule has 0 aliphatic heterocycles. The summed E-state index contributed by atoms with van der Waals surface area (Å²) in [5.74, 6) is -0.514. The summed E-state index contributed by atoms with van der Waals surface area (Å²) in [6.07, 6.45) is -2.87. The van der Waals surface area contributed by atoms with E-state index in [0.29, 0.717) is 11.1 Å². The minimum absolute atomic E-state index is 0.145. The number of nitro groups is 1. The maximum atomic E-state index is 12.8. The van der Waals surface area contributed by atoms with Crippen LogP contribution < -0.4 is 0 Å². The molecule has 0 spiro atoms. The highest BCUT2D eigenvalue weighted by molar-refractivity contribution is 5.76. The van der Waals surface area contributed by atoms with Gasteiger partial charge in [0.1, 0.15) is 5.56 Å². The van der Waals surface area contributed by atoms with Crippen molar-refractivity contribution in [2.45, 2.75) is 13.3 Å². The van der Waals surface area contributed by atoms with Gasteiger partial charge < -0.3 is 10.1 Å². The first kappa shape index (κ1) is 12.2. The summed E-state index contributed by atoms with van der Waals surface area (Å²) in [5, 5.41) is 16.2. The Kier molecular flexibility index (Phi) is 3.05. The number of rotatable bonds is 3. The lowest BCUT2D eigenvalue weighted by Gasteiger charge is -2.05. The fourth-order valence-corrected chi connectivity index (χ4v) is 1.76. The molecular formula is C11H9F2N3O2. The van der Waals surface area contributed by atoms with Crippen LogP contribution >= 0.6 is 0 Å². The summed E-state index contributed by atoms with van der Waals surface area (Å²) in [6, 6.07) is 6.61. The average Bonchev–Trinajstić information content (AvgIpc) is 2.74. The van der Waals surface area contributed by atoms with Gasteiger partial charge in [0.2, 0.25) is 0 Å². The molecule has 1 aromatic carbocycles. The molecule has 0 aliphatic rings. The second-order valence-electron chi connectivity index (χ2n) is 3.71. The van der Waals surface area contributed by atoms with Crippen molar-refractivity contribution in [3.05, 3.63) is 45.6 Å². The van der Waals surface area contributed by atoms with Crippen molar-refractivity contribution in [2.24, 2.45) is 0 Å². The largest absolute Gasteiger partial charge is 0.358 e. The summed E-state index contributed by atoms with van der Waals surface area (Å²) in [5.41, 5.74) is 0.307. The van der Waals surface area contributed by atoms with Gasteiger partial charge in [-0.15, -0.1) is 5.10 Å². The smallest absolute Gasteiger partial charge is 0.351 e. The number of nitrogens with one attached hydrogen (secondary N) is 1. The van der Waals surface area contributed by atoms with Crippen molar-refractivity contribution in [3.8, 4) is 11.1 Å². The first-order valence-corrected chi connectivity index (χ1v) is 5.09. The molecule has 5 nitrogen and oxygen atoms in total. The minimum Gasteiger partial charge on any atom is -0.358 e. The van der Waals surface area contributed by atoms with E-state index < -0.39 is 22.9 Å². The Balaban J connectivity index is 2.72. The number of halogens is 2. The van der Waals surface area contributed by atoms with E-state index in [2.05, 4.69) is 10.2 Å². The fourth-order valence-electron chi connectivity index (χ4n) is 1.76. The number of H-pyrrole nitrogens is 1. The lowest BCUT2D eigenvalue weighted by molar-refractivity contribution is -0.388. The lowest BCUT2D eigenvalue weighted by atomic mass is 10.0. The number of nitrogens with zero attached hydrogens (tertiary/aromatic N) is 2. The van der Waals surface area contributed by atoms with E-state index in [1.54, 1.807) is 31.2 Å². The van der Waals surface area contributed by atoms with Crippen LogP contribution in [0, 0.1) is 17.0 Å². The number of hydrogen-bond donors (Lipinski definition) is 1. The molecule has 18 heavy (non-hydrogen) atoms. The number of aromatic amines is 1. The van der Waals surface area contributed by atoms with Crippen molar-refractivity contribution in [1.82, 2.24) is 10.2 Å². The molecule has 0 saturated carbocycles. The molecule has 0 amide bonds. The van der Waals surface area contributed by atoms with Gasteiger partial charge in [-0.2, -0.15) is 0 Å². The van der Waals surface area contributed by atoms with Crippen molar-refractivity contribution >= 4 is 5.82 Å². The van der Waals surface area contributed by atoms with Crippen LogP contribution in [0.5, 0.6) is 0 Å². The van der Waals surface area contributed by atoms with Gasteiger partial charge in [-0.3, -0.25) is 0 Å². The summed E-state index contributed by atoms with van der Waals surface area (Å²) >= 11 is 0. The van der Waals surface area contributed by atoms with Gasteiger partial charge in [0.25, 0.3) is 6.43 Å². The predicted molar refractivity (Wildman–Crippen MR) is 60.4 cm³/mol. The molecule has 0 radical (unpaired) electrons. The third kappa shape index (κ3) is 1.94. The van der Waals surface area contributed by atoms with Crippen LogP contribution in [0.1, 0.15) is 17.7 Å². The molecular weight excluding hydrogens is 244 g/mol. The highest BCUT2D eigenvalue weighted by Crippen LogP contribution is 2.37. The molecule has 7 heteroatoms. The molecule has 0 unspecified atom stereocenters. The van der Waals surface area contributed by atoms with Gasteiger partial charge in [-0.05, 0) is 23.0 Å². The van der Waals surface area contributed by atoms with Crippen LogP contribution in [-0.4, -0.2) is 15.1 Å². The average molecular weight is 253 g/mol. The van der Waals surface area contributed by atoms with Crippen LogP contribution in [0.4, 0.5) is 14.6 Å². The number of aromatic nitrogens is 2. The Morgan fingerprint density at radius 2 is 2.06 bits per heavy atom. The van der Waals surface area contributed by atoms with Crippen LogP contribution in [0.3, 0.4) is 0 Å². The van der Waals surface area contributed by atoms with Gasteiger partial charge in [0, 0.05) is 0 Å². The van der Waals surface area contributed by atoms with E-state index in [9.17, 15) is 18.9 Å². The van der Waals surface area contributed by atoms with Gasteiger partial charge in [0.15, 0.2) is 5.69 Å². The molecule has 0 saturated heterocycles. The maximum absolute atomic E-state index is 12.8. The standard InChI is InChI=1S/C11H9F2N3O2/c1-6-4-2-3-5-7(6)8-9(10(12)13)14-15-11(8)16(17)18/h2-5,10H,1H3,(H,14,15). The lowest BCUT2D eigenvalue weighted by Crippen LogP contribution is -1.94. The number of aryl methyl sites for hydroxylation is 1. The zero-order chi connectivity index (χ0) is 13.3. The molecule has 0 aliphatic carbocycles. The number of hydrogen-bond acceptors (Lipinski definition) is 3. The Morgan fingerprint density at radius 3 is 2.61 bits per heavy atom. The number of benzene rings is 1. The molecule has 0 fully saturated rings. The quantitative estimate of drug-likeness (QED) is 0.674. The van der Waals surface area contributed by atoms with E-state index in [-0.39, 0.29) is 5.56 Å². The predicted octanol–water partition coefficient (Wildman–Crippen LogP) is 3.23. The van der Waals surface area contributed by atoms with E-state index in [1.807, 2.05) is 0 Å². The van der Waals surface area contributed by atoms with E-state index in [4.69, 9.17) is 0 Å². The van der Waals surface area contributed by atoms with E-state index in [1.165, 1.54) is 0 Å². The highest BCUT2D eigenvalue weighted by Gasteiger charge is 2.29. The Morgan fingerprint density at radius 1 is 1.39 bits per heavy atom. The summed E-state index contributed by atoms with van der Waals surface area (Å²) in [6.45, 7) is 1.70. The molecule has 1 N–H and O–H groups in total. The Hall–Kier alpha value is -2.31. The SMILES string of the molecule is Cc1ccccc1-c1c(C(F)F)n[nH]c1[N+](=O)[O-]. The number of alkyl halides is 2. The normalized spacial score (nSPS) is 10.9. The van der Waals surface area contributed by atoms with E-state index >= 15 is 0 Å². The first-order valence-electron chi connectivity index (χ1n) is 5.09. The van der Waals surface area contributed by atoms with Gasteiger partial charge >= 0.3 is 5.82 Å². The molecule has 0 bridgehead atoms. The van der Waals surface area contributed by atoms with Gasteiger partial charge in [-0.25, -0.2) is 8.78 Å². The molecule has 1 heterocycles. The molecule has 0 atom stereocenters. The minimum atomic E-state index is -2.87. The zero-order valence-electron chi connectivity index (χ0n) is 9.35. The Bertz CT molecular complexity index is 596. The van der Waals surface area contributed by atoms with Crippen molar-refractivity contribution in [3.63, 3.8) is 0 Å². The highest BCUT2D eigenvalue weighted by atomic mass is 19.3. The fraction of sp³-hybridized carbons (Fsp3) is 0.182. The second kappa shape index (κ2) is 4.52. The summed E-state index contributed by atoms with van der Waals surface area (Å²) in [4.78, 5) is 10.1. The van der Waals surface area contributed by atoms with Gasteiger partial charge in [-0.1, -0.05) is 29.4 Å². The third-order valence-electron chi connectivity index (χ3n) is 2.58. The molecule has 1 aromatic heterocycles. The van der Waals surface area contributed by atoms with E-state index in [0.717, 1.165) is 0 Å². The van der Waals surface area contributed by atoms with Crippen molar-refractivity contribution < 1.29 is 13.7 Å². The summed E-state index contributed by atoms with van der Waals surface area (Å²) < 4.78 is 25.6. The monoisotopic (exact) mass is 253 g/mol. The van der Waals surface area contributed by atoms with Crippen molar-refractivity contribution in [2.75, 3.05) is 0 Å². The van der Waals surface area contributed by atoms with Crippen LogP contribution in [0.2, 0.25) is 0 Å². The molecule has 2 rings (SSSR count). The molecule has 94 valence electrons. The second-order valence-corrected chi connectivity index (χ2v) is 3.71. The van der Waals surface area contributed by atoms with Gasteiger partial charge in [0.05, 0.1) is 0 Å². The zero-order valence-corrected chi connectivity index (χ0v) is 9.35. The van der Waals surface area contributed by atoms with Crippen LogP contribution in [0.15, 0.2) is 24.3 Å². The van der Waals surface area contributed by atoms with Crippen molar-refractivity contribution in [1.29, 1.82) is 0 Å². The Labute approximate surface area is 101 Å².